The van der Waals surface area contributed by atoms with E-state index in [2.05, 4.69) is 17.2 Å². The molecule has 3 rings (SSSR count). The van der Waals surface area contributed by atoms with Gasteiger partial charge in [0.1, 0.15) is 6.26 Å². The molecule has 1 aromatic carbocycles. The summed E-state index contributed by atoms with van der Waals surface area (Å²) in [6.45, 7) is 4.63. The molecule has 0 bridgehead atoms. The van der Waals surface area contributed by atoms with Crippen LogP contribution in [-0.2, 0) is 10.5 Å². The third kappa shape index (κ3) is 4.14. The molecule has 1 amide bonds. The van der Waals surface area contributed by atoms with Crippen molar-refractivity contribution < 1.29 is 9.21 Å². The average Bonchev–Trinajstić information content (AvgIpc) is 3.05. The van der Waals surface area contributed by atoms with Crippen LogP contribution in [0, 0.1) is 0 Å². The van der Waals surface area contributed by atoms with E-state index in [1.165, 1.54) is 0 Å². The van der Waals surface area contributed by atoms with Crippen LogP contribution < -0.4 is 5.32 Å². The number of carbonyl (C=O) groups excluding carboxylic acids is 1. The van der Waals surface area contributed by atoms with Crippen LogP contribution in [-0.4, -0.2) is 47.2 Å². The number of benzene rings is 1. The molecular weight excluding hydrogens is 310 g/mol. The molecule has 0 aliphatic carbocycles. The van der Waals surface area contributed by atoms with Crippen LogP contribution in [0.15, 0.2) is 41.0 Å². The number of aromatic nitrogens is 1. The van der Waals surface area contributed by atoms with Gasteiger partial charge in [0.2, 0.25) is 11.8 Å². The molecule has 0 saturated carbocycles. The van der Waals surface area contributed by atoms with Crippen molar-refractivity contribution in [1.82, 2.24) is 15.2 Å². The predicted molar refractivity (Wildman–Crippen MR) is 92.1 cm³/mol. The molecule has 5 nitrogen and oxygen atoms in total. The van der Waals surface area contributed by atoms with Crippen molar-refractivity contribution in [1.29, 1.82) is 0 Å². The first-order chi connectivity index (χ1) is 11.2. The Hall–Kier alpha value is -1.79. The van der Waals surface area contributed by atoms with E-state index in [-0.39, 0.29) is 11.9 Å². The lowest BCUT2D eigenvalue weighted by atomic mass is 10.2. The Bertz CT molecular complexity index is 644. The minimum absolute atomic E-state index is 0.204. The third-order valence-electron chi connectivity index (χ3n) is 3.87. The SMILES string of the molecule is CC1CNCCN1C(=O)CSCc1coc(-c2ccccc2)n1. The number of thioether (sulfide) groups is 1. The van der Waals surface area contributed by atoms with E-state index in [9.17, 15) is 4.79 Å². The highest BCUT2D eigenvalue weighted by Gasteiger charge is 2.22. The van der Waals surface area contributed by atoms with Crippen LogP contribution in [0.25, 0.3) is 11.5 Å². The van der Waals surface area contributed by atoms with Crippen LogP contribution in [0.5, 0.6) is 0 Å². The van der Waals surface area contributed by atoms with E-state index in [1.807, 2.05) is 35.2 Å². The summed E-state index contributed by atoms with van der Waals surface area (Å²) in [6.07, 6.45) is 1.67. The van der Waals surface area contributed by atoms with Crippen molar-refractivity contribution in [2.75, 3.05) is 25.4 Å². The number of nitrogens with zero attached hydrogens (tertiary/aromatic N) is 2. The Labute approximate surface area is 140 Å². The van der Waals surface area contributed by atoms with Crippen LogP contribution in [0.2, 0.25) is 0 Å². The number of hydrogen-bond acceptors (Lipinski definition) is 5. The summed E-state index contributed by atoms with van der Waals surface area (Å²) in [5.74, 6) is 2.00. The largest absolute Gasteiger partial charge is 0.444 e. The quantitative estimate of drug-likeness (QED) is 0.912. The van der Waals surface area contributed by atoms with Crippen LogP contribution >= 0.6 is 11.8 Å². The van der Waals surface area contributed by atoms with Crippen LogP contribution in [0.3, 0.4) is 0 Å². The van der Waals surface area contributed by atoms with Crippen molar-refractivity contribution in [3.8, 4) is 11.5 Å². The lowest BCUT2D eigenvalue weighted by Gasteiger charge is -2.33. The fraction of sp³-hybridized carbons (Fsp3) is 0.412. The van der Waals surface area contributed by atoms with Gasteiger partial charge < -0.3 is 14.6 Å². The molecule has 1 aromatic heterocycles. The summed E-state index contributed by atoms with van der Waals surface area (Å²) < 4.78 is 5.51. The highest BCUT2D eigenvalue weighted by Crippen LogP contribution is 2.20. The van der Waals surface area contributed by atoms with E-state index >= 15 is 0 Å². The first kappa shape index (κ1) is 16.1. The highest BCUT2D eigenvalue weighted by molar-refractivity contribution is 7.99. The Balaban J connectivity index is 1.49. The summed E-state index contributed by atoms with van der Waals surface area (Å²) in [7, 11) is 0. The van der Waals surface area contributed by atoms with Gasteiger partial charge in [-0.1, -0.05) is 18.2 Å². The molecule has 1 saturated heterocycles. The molecule has 0 radical (unpaired) electrons. The number of amides is 1. The van der Waals surface area contributed by atoms with Gasteiger partial charge in [-0.2, -0.15) is 0 Å². The van der Waals surface area contributed by atoms with E-state index in [0.29, 0.717) is 17.4 Å². The van der Waals surface area contributed by atoms with Crippen LogP contribution in [0.4, 0.5) is 0 Å². The monoisotopic (exact) mass is 331 g/mol. The molecule has 1 fully saturated rings. The predicted octanol–water partition coefficient (Wildman–Crippen LogP) is 2.40. The lowest BCUT2D eigenvalue weighted by molar-refractivity contribution is -0.131. The van der Waals surface area contributed by atoms with Crippen molar-refractivity contribution in [3.63, 3.8) is 0 Å². The molecular formula is C17H21N3O2S. The molecule has 2 aromatic rings. The van der Waals surface area contributed by atoms with Gasteiger partial charge in [0.05, 0.1) is 11.4 Å². The number of nitrogens with one attached hydrogen (secondary N) is 1. The molecule has 23 heavy (non-hydrogen) atoms. The Morgan fingerprint density at radius 1 is 1.43 bits per heavy atom. The van der Waals surface area contributed by atoms with E-state index in [4.69, 9.17) is 4.42 Å². The average molecular weight is 331 g/mol. The zero-order valence-electron chi connectivity index (χ0n) is 13.2. The zero-order chi connectivity index (χ0) is 16.1. The third-order valence-corrected chi connectivity index (χ3v) is 4.82. The molecule has 6 heteroatoms. The zero-order valence-corrected chi connectivity index (χ0v) is 14.0. The molecule has 1 aliphatic heterocycles. The molecule has 122 valence electrons. The van der Waals surface area contributed by atoms with Gasteiger partial charge in [-0.25, -0.2) is 4.98 Å². The van der Waals surface area contributed by atoms with Gasteiger partial charge in [0.25, 0.3) is 0 Å². The molecule has 1 atom stereocenters. The molecule has 1 aliphatic rings. The smallest absolute Gasteiger partial charge is 0.232 e. The van der Waals surface area contributed by atoms with E-state index in [0.717, 1.165) is 30.9 Å². The van der Waals surface area contributed by atoms with Crippen molar-refractivity contribution in [3.05, 3.63) is 42.3 Å². The second kappa shape index (κ2) is 7.66. The maximum absolute atomic E-state index is 12.3. The second-order valence-corrected chi connectivity index (χ2v) is 6.63. The topological polar surface area (TPSA) is 58.4 Å². The number of hydrogen-bond donors (Lipinski definition) is 1. The summed E-state index contributed by atoms with van der Waals surface area (Å²) in [4.78, 5) is 18.7. The van der Waals surface area contributed by atoms with Crippen molar-refractivity contribution in [2.24, 2.45) is 0 Å². The summed E-state index contributed by atoms with van der Waals surface area (Å²) in [5, 5.41) is 3.30. The number of rotatable bonds is 5. The van der Waals surface area contributed by atoms with Gasteiger partial charge in [-0.15, -0.1) is 11.8 Å². The maximum atomic E-state index is 12.3. The molecule has 1 N–H and O–H groups in total. The van der Waals surface area contributed by atoms with Crippen molar-refractivity contribution in [2.45, 2.75) is 18.7 Å². The normalized spacial score (nSPS) is 18.1. The van der Waals surface area contributed by atoms with Crippen molar-refractivity contribution >= 4 is 17.7 Å². The first-order valence-electron chi connectivity index (χ1n) is 7.82. The van der Waals surface area contributed by atoms with E-state index < -0.39 is 0 Å². The molecule has 1 unspecified atom stereocenters. The lowest BCUT2D eigenvalue weighted by Crippen LogP contribution is -2.52. The minimum Gasteiger partial charge on any atom is -0.444 e. The summed E-state index contributed by atoms with van der Waals surface area (Å²) in [5.41, 5.74) is 1.84. The first-order valence-corrected chi connectivity index (χ1v) is 8.97. The van der Waals surface area contributed by atoms with Crippen LogP contribution in [0.1, 0.15) is 12.6 Å². The summed E-state index contributed by atoms with van der Waals surface area (Å²) in [6, 6.07) is 10.1. The number of oxazole rings is 1. The van der Waals surface area contributed by atoms with Gasteiger partial charge in [-0.3, -0.25) is 4.79 Å². The van der Waals surface area contributed by atoms with E-state index in [1.54, 1.807) is 18.0 Å². The highest BCUT2D eigenvalue weighted by atomic mass is 32.2. The number of piperazine rings is 1. The Kier molecular flexibility index (Phi) is 5.35. The van der Waals surface area contributed by atoms with Gasteiger partial charge in [0, 0.05) is 37.0 Å². The Morgan fingerprint density at radius 3 is 3.04 bits per heavy atom. The second-order valence-electron chi connectivity index (χ2n) is 5.64. The Morgan fingerprint density at radius 2 is 2.26 bits per heavy atom. The fourth-order valence-corrected chi connectivity index (χ4v) is 3.41. The standard InChI is InChI=1S/C17H21N3O2S/c1-13-9-18-7-8-20(13)16(21)12-23-11-15-10-22-17(19-15)14-5-3-2-4-6-14/h2-6,10,13,18H,7-9,11-12H2,1H3. The maximum Gasteiger partial charge on any atom is 0.232 e. The molecule has 0 spiro atoms. The fourth-order valence-electron chi connectivity index (χ4n) is 2.62. The number of carbonyl (C=O) groups is 1. The van der Waals surface area contributed by atoms with Gasteiger partial charge >= 0.3 is 0 Å². The van der Waals surface area contributed by atoms with Gasteiger partial charge in [0.15, 0.2) is 0 Å². The molecule has 2 heterocycles. The minimum atomic E-state index is 0.204. The van der Waals surface area contributed by atoms with Gasteiger partial charge in [-0.05, 0) is 19.1 Å². The summed E-state index contributed by atoms with van der Waals surface area (Å²) >= 11 is 1.58.